The quantitative estimate of drug-likeness (QED) is 0.499. The van der Waals surface area contributed by atoms with Gasteiger partial charge in [-0.15, -0.1) is 0 Å². The number of anilines is 1. The summed E-state index contributed by atoms with van der Waals surface area (Å²) < 4.78 is 4.86. The first-order valence-electron chi connectivity index (χ1n) is 6.13. The van der Waals surface area contributed by atoms with E-state index in [2.05, 4.69) is 0 Å². The molecule has 1 fully saturated rings. The summed E-state index contributed by atoms with van der Waals surface area (Å²) in [5, 5.41) is 0. The second kappa shape index (κ2) is 6.04. The van der Waals surface area contributed by atoms with Crippen molar-refractivity contribution in [1.82, 2.24) is 4.90 Å². The monoisotopic (exact) mass is 260 g/mol. The van der Waals surface area contributed by atoms with E-state index in [0.29, 0.717) is 5.69 Å². The normalized spacial score (nSPS) is 14.2. The minimum Gasteiger partial charge on any atom is -0.452 e. The molecule has 0 saturated carbocycles. The number of nitrogen functional groups attached to an aromatic ring is 1. The molecule has 2 N–H and O–H groups in total. The van der Waals surface area contributed by atoms with E-state index in [9.17, 15) is 9.59 Å². The van der Waals surface area contributed by atoms with Crippen LogP contribution in [0.5, 0.6) is 0 Å². The van der Waals surface area contributed by atoms with Crippen molar-refractivity contribution in [3.8, 4) is 0 Å². The summed E-state index contributed by atoms with van der Waals surface area (Å²) in [5.41, 5.74) is 7.06. The summed E-state index contributed by atoms with van der Waals surface area (Å²) in [5.74, 6) is -0.673. The van der Waals surface area contributed by atoms with Crippen molar-refractivity contribution < 1.29 is 14.3 Å². The molecular weight excluding hydrogens is 244 g/mol. The average Bonchev–Trinajstić information content (AvgIpc) is 2.32. The lowest BCUT2D eigenvalue weighted by Crippen LogP contribution is -2.44. The summed E-state index contributed by atoms with van der Waals surface area (Å²) in [6, 6.07) is 7.13. The molecule has 0 atom stereocenters. The molecule has 5 nitrogen and oxygen atoms in total. The molecule has 1 aromatic carbocycles. The van der Waals surface area contributed by atoms with Crippen molar-refractivity contribution in [2.24, 2.45) is 0 Å². The lowest BCUT2D eigenvalue weighted by atomic mass is 10.2. The van der Waals surface area contributed by atoms with Gasteiger partial charge in [0, 0.05) is 24.9 Å². The Kier molecular flexibility index (Phi) is 4.18. The number of nitrogens with two attached hydrogens (primary N) is 1. The van der Waals surface area contributed by atoms with Gasteiger partial charge in [0.05, 0.1) is 0 Å². The van der Waals surface area contributed by atoms with Crippen molar-refractivity contribution in [3.05, 3.63) is 35.9 Å². The predicted octanol–water partition coefficient (Wildman–Crippen LogP) is 1.06. The van der Waals surface area contributed by atoms with E-state index in [0.717, 1.165) is 25.1 Å². The highest BCUT2D eigenvalue weighted by Gasteiger charge is 2.20. The minimum atomic E-state index is -0.531. The first-order chi connectivity index (χ1) is 9.15. The molecular formula is C14H16N2O3. The Balaban J connectivity index is 1.79. The van der Waals surface area contributed by atoms with Gasteiger partial charge in [0.15, 0.2) is 6.61 Å². The highest BCUT2D eigenvalue weighted by atomic mass is 16.5. The Morgan fingerprint density at radius 1 is 1.37 bits per heavy atom. The van der Waals surface area contributed by atoms with Gasteiger partial charge in [-0.3, -0.25) is 4.79 Å². The van der Waals surface area contributed by atoms with Gasteiger partial charge in [-0.25, -0.2) is 4.79 Å². The SMILES string of the molecule is Nc1cccc(/C=C/C(=O)OCC(=O)N2CCC2)c1. The maximum Gasteiger partial charge on any atom is 0.331 e. The van der Waals surface area contributed by atoms with Crippen LogP contribution in [0.25, 0.3) is 6.08 Å². The number of rotatable bonds is 4. The van der Waals surface area contributed by atoms with Crippen LogP contribution in [0.15, 0.2) is 30.3 Å². The maximum absolute atomic E-state index is 11.5. The van der Waals surface area contributed by atoms with Gasteiger partial charge in [0.2, 0.25) is 0 Å². The van der Waals surface area contributed by atoms with Crippen molar-refractivity contribution in [2.45, 2.75) is 6.42 Å². The molecule has 1 aliphatic heterocycles. The molecule has 1 heterocycles. The molecule has 0 unspecified atom stereocenters. The van der Waals surface area contributed by atoms with Crippen molar-refractivity contribution in [2.75, 3.05) is 25.4 Å². The molecule has 0 aliphatic carbocycles. The number of ether oxygens (including phenoxy) is 1. The molecule has 0 radical (unpaired) electrons. The van der Waals surface area contributed by atoms with Crippen LogP contribution in [-0.2, 0) is 14.3 Å². The van der Waals surface area contributed by atoms with Crippen LogP contribution in [0.3, 0.4) is 0 Å². The highest BCUT2D eigenvalue weighted by Crippen LogP contribution is 2.08. The topological polar surface area (TPSA) is 72.6 Å². The van der Waals surface area contributed by atoms with Crippen LogP contribution in [0.2, 0.25) is 0 Å². The molecule has 1 amide bonds. The molecule has 1 saturated heterocycles. The van der Waals surface area contributed by atoms with Gasteiger partial charge >= 0.3 is 5.97 Å². The first kappa shape index (κ1) is 13.1. The number of benzene rings is 1. The number of hydrogen-bond acceptors (Lipinski definition) is 4. The number of nitrogens with zero attached hydrogens (tertiary/aromatic N) is 1. The van der Waals surface area contributed by atoms with E-state index < -0.39 is 5.97 Å². The smallest absolute Gasteiger partial charge is 0.331 e. The van der Waals surface area contributed by atoms with Gasteiger partial charge in [-0.2, -0.15) is 0 Å². The Bertz CT molecular complexity index is 507. The molecule has 0 spiro atoms. The Labute approximate surface area is 111 Å². The standard InChI is InChI=1S/C14H16N2O3/c15-12-4-1-3-11(9-12)5-6-14(18)19-10-13(17)16-7-2-8-16/h1,3-6,9H,2,7-8,10,15H2/b6-5+. The maximum atomic E-state index is 11.5. The third kappa shape index (κ3) is 3.84. The van der Waals surface area contributed by atoms with Crippen LogP contribution in [0.1, 0.15) is 12.0 Å². The highest BCUT2D eigenvalue weighted by molar-refractivity contribution is 5.89. The van der Waals surface area contributed by atoms with Crippen LogP contribution >= 0.6 is 0 Å². The zero-order valence-corrected chi connectivity index (χ0v) is 10.5. The Morgan fingerprint density at radius 3 is 2.79 bits per heavy atom. The lowest BCUT2D eigenvalue weighted by Gasteiger charge is -2.30. The van der Waals surface area contributed by atoms with Crippen LogP contribution in [0, 0.1) is 0 Å². The number of amides is 1. The number of hydrogen-bond donors (Lipinski definition) is 1. The summed E-state index contributed by atoms with van der Waals surface area (Å²) in [6.07, 6.45) is 3.92. The summed E-state index contributed by atoms with van der Waals surface area (Å²) >= 11 is 0. The summed E-state index contributed by atoms with van der Waals surface area (Å²) in [4.78, 5) is 24.5. The fraction of sp³-hybridized carbons (Fsp3) is 0.286. The zero-order chi connectivity index (χ0) is 13.7. The number of likely N-dealkylation sites (tertiary alicyclic amines) is 1. The van der Waals surface area contributed by atoms with Gasteiger partial charge in [-0.1, -0.05) is 12.1 Å². The molecule has 5 heteroatoms. The second-order valence-corrected chi connectivity index (χ2v) is 4.35. The predicted molar refractivity (Wildman–Crippen MR) is 72.0 cm³/mol. The number of esters is 1. The molecule has 100 valence electrons. The molecule has 1 aliphatic rings. The minimum absolute atomic E-state index is 0.142. The largest absolute Gasteiger partial charge is 0.452 e. The van der Waals surface area contributed by atoms with Gasteiger partial charge in [0.25, 0.3) is 5.91 Å². The van der Waals surface area contributed by atoms with E-state index in [4.69, 9.17) is 10.5 Å². The molecule has 19 heavy (non-hydrogen) atoms. The van der Waals surface area contributed by atoms with E-state index in [1.54, 1.807) is 29.2 Å². The zero-order valence-electron chi connectivity index (χ0n) is 10.5. The van der Waals surface area contributed by atoms with E-state index in [1.807, 2.05) is 6.07 Å². The molecule has 0 aromatic heterocycles. The fourth-order valence-electron chi connectivity index (χ4n) is 1.66. The van der Waals surface area contributed by atoms with Crippen molar-refractivity contribution >= 4 is 23.6 Å². The first-order valence-corrected chi connectivity index (χ1v) is 6.13. The lowest BCUT2D eigenvalue weighted by molar-refractivity contribution is -0.150. The summed E-state index contributed by atoms with van der Waals surface area (Å²) in [6.45, 7) is 1.32. The second-order valence-electron chi connectivity index (χ2n) is 4.35. The van der Waals surface area contributed by atoms with Crippen LogP contribution in [-0.4, -0.2) is 36.5 Å². The van der Waals surface area contributed by atoms with E-state index in [1.165, 1.54) is 6.08 Å². The van der Waals surface area contributed by atoms with Gasteiger partial charge in [0.1, 0.15) is 0 Å². The number of carbonyl (C=O) groups excluding carboxylic acids is 2. The fourth-order valence-corrected chi connectivity index (χ4v) is 1.66. The Hall–Kier alpha value is -2.30. The average molecular weight is 260 g/mol. The third-order valence-electron chi connectivity index (χ3n) is 2.87. The summed E-state index contributed by atoms with van der Waals surface area (Å²) in [7, 11) is 0. The molecule has 0 bridgehead atoms. The number of carbonyl (C=O) groups is 2. The molecule has 2 rings (SSSR count). The van der Waals surface area contributed by atoms with E-state index in [-0.39, 0.29) is 12.5 Å². The van der Waals surface area contributed by atoms with Crippen LogP contribution < -0.4 is 5.73 Å². The third-order valence-corrected chi connectivity index (χ3v) is 2.87. The Morgan fingerprint density at radius 2 is 2.16 bits per heavy atom. The van der Waals surface area contributed by atoms with Gasteiger partial charge < -0.3 is 15.4 Å². The van der Waals surface area contributed by atoms with Gasteiger partial charge in [-0.05, 0) is 30.2 Å². The van der Waals surface area contributed by atoms with Crippen molar-refractivity contribution in [3.63, 3.8) is 0 Å². The van der Waals surface area contributed by atoms with E-state index >= 15 is 0 Å². The van der Waals surface area contributed by atoms with Crippen molar-refractivity contribution in [1.29, 1.82) is 0 Å². The molecule has 1 aromatic rings. The van der Waals surface area contributed by atoms with Crippen LogP contribution in [0.4, 0.5) is 5.69 Å².